The zero-order valence-corrected chi connectivity index (χ0v) is 23.8. The van der Waals surface area contributed by atoms with Gasteiger partial charge in [0, 0.05) is 56.4 Å². The molecule has 3 aromatic rings. The molecule has 2 aliphatic heterocycles. The minimum absolute atomic E-state index is 0.313. The van der Waals surface area contributed by atoms with Crippen LogP contribution in [0.5, 0.6) is 11.5 Å². The second-order valence-electron chi connectivity index (χ2n) is 9.60. The summed E-state index contributed by atoms with van der Waals surface area (Å²) in [6.07, 6.45) is 5.35. The number of sulfonamides is 1. The van der Waals surface area contributed by atoms with Crippen LogP contribution in [0.2, 0.25) is 0 Å². The molecule has 0 unspecified atom stereocenters. The standard InChI is InChI=1S/C28H35N7O4S/c1-5-19-17-21(7-9-23(19)35-13-11-29-12-14-35)31-28-30-18-20(6-2)27(33-28)32-22-8-10-24-26(39-16-15-38-24)25(22)34(3)40(4,36)37/h6-10,17-18,29H,2,5,11-16H2,1,3-4H3,(H2,30,31,32,33). The first-order valence-electron chi connectivity index (χ1n) is 13.3. The zero-order valence-electron chi connectivity index (χ0n) is 23.0. The van der Waals surface area contributed by atoms with E-state index >= 15 is 0 Å². The predicted molar refractivity (Wildman–Crippen MR) is 160 cm³/mol. The molecule has 2 aliphatic rings. The van der Waals surface area contributed by atoms with Crippen LogP contribution in [0.4, 0.5) is 34.5 Å². The van der Waals surface area contributed by atoms with Crippen LogP contribution >= 0.6 is 0 Å². The van der Waals surface area contributed by atoms with Crippen LogP contribution in [0.3, 0.4) is 0 Å². The zero-order chi connectivity index (χ0) is 28.3. The monoisotopic (exact) mass is 565 g/mol. The van der Waals surface area contributed by atoms with Gasteiger partial charge in [-0.1, -0.05) is 19.6 Å². The number of anilines is 6. The maximum absolute atomic E-state index is 12.5. The van der Waals surface area contributed by atoms with Crippen LogP contribution < -0.4 is 34.6 Å². The van der Waals surface area contributed by atoms with Gasteiger partial charge in [-0.15, -0.1) is 0 Å². The first kappa shape index (κ1) is 27.5. The molecule has 40 heavy (non-hydrogen) atoms. The van der Waals surface area contributed by atoms with Crippen molar-refractivity contribution < 1.29 is 17.9 Å². The Labute approximate surface area is 235 Å². The van der Waals surface area contributed by atoms with Crippen LogP contribution in [0.25, 0.3) is 6.08 Å². The van der Waals surface area contributed by atoms with E-state index in [4.69, 9.17) is 14.5 Å². The number of aryl methyl sites for hydroxylation is 1. The molecule has 12 heteroatoms. The minimum atomic E-state index is -3.60. The van der Waals surface area contributed by atoms with E-state index in [0.717, 1.165) is 44.5 Å². The lowest BCUT2D eigenvalue weighted by Crippen LogP contribution is -2.43. The Morgan fingerprint density at radius 3 is 2.65 bits per heavy atom. The lowest BCUT2D eigenvalue weighted by molar-refractivity contribution is 0.172. The van der Waals surface area contributed by atoms with Gasteiger partial charge >= 0.3 is 0 Å². The summed E-state index contributed by atoms with van der Waals surface area (Å²) in [6, 6.07) is 9.81. The molecule has 0 saturated carbocycles. The number of nitrogens with one attached hydrogen (secondary N) is 3. The van der Waals surface area contributed by atoms with Gasteiger partial charge in [-0.3, -0.25) is 4.31 Å². The Balaban J connectivity index is 1.46. The molecule has 0 atom stereocenters. The topological polar surface area (TPSA) is 121 Å². The molecular weight excluding hydrogens is 530 g/mol. The third kappa shape index (κ3) is 5.77. The summed E-state index contributed by atoms with van der Waals surface area (Å²) in [4.78, 5) is 11.6. The number of aromatic nitrogens is 2. The molecule has 0 spiro atoms. The lowest BCUT2D eigenvalue weighted by Gasteiger charge is -2.31. The van der Waals surface area contributed by atoms with Gasteiger partial charge in [-0.05, 0) is 42.3 Å². The first-order chi connectivity index (χ1) is 19.3. The summed E-state index contributed by atoms with van der Waals surface area (Å²) in [7, 11) is -2.12. The van der Waals surface area contributed by atoms with Gasteiger partial charge in [0.25, 0.3) is 0 Å². The van der Waals surface area contributed by atoms with Gasteiger partial charge in [0.2, 0.25) is 16.0 Å². The Hall–Kier alpha value is -4.03. The minimum Gasteiger partial charge on any atom is -0.486 e. The van der Waals surface area contributed by atoms with Crippen molar-refractivity contribution in [2.24, 2.45) is 0 Å². The van der Waals surface area contributed by atoms with Gasteiger partial charge in [-0.2, -0.15) is 4.98 Å². The van der Waals surface area contributed by atoms with Crippen LogP contribution in [-0.4, -0.2) is 71.1 Å². The molecule has 0 bridgehead atoms. The third-order valence-corrected chi connectivity index (χ3v) is 8.14. The lowest BCUT2D eigenvalue weighted by atomic mass is 10.1. The molecule has 2 aromatic carbocycles. The Bertz CT molecular complexity index is 1510. The number of rotatable bonds is 9. The molecule has 1 fully saturated rings. The average molecular weight is 566 g/mol. The van der Waals surface area contributed by atoms with Crippen LogP contribution in [0.15, 0.2) is 43.1 Å². The van der Waals surface area contributed by atoms with E-state index in [2.05, 4.69) is 51.5 Å². The average Bonchev–Trinajstić information content (AvgIpc) is 2.97. The van der Waals surface area contributed by atoms with E-state index in [9.17, 15) is 8.42 Å². The van der Waals surface area contributed by atoms with E-state index in [1.165, 1.54) is 22.6 Å². The number of hydrogen-bond donors (Lipinski definition) is 3. The highest BCUT2D eigenvalue weighted by atomic mass is 32.2. The fourth-order valence-electron chi connectivity index (χ4n) is 4.80. The van der Waals surface area contributed by atoms with E-state index in [1.54, 1.807) is 24.4 Å². The van der Waals surface area contributed by atoms with Crippen LogP contribution in [0.1, 0.15) is 18.1 Å². The second-order valence-corrected chi connectivity index (χ2v) is 11.6. The molecule has 0 amide bonds. The van der Waals surface area contributed by atoms with E-state index in [-0.39, 0.29) is 0 Å². The first-order valence-corrected chi connectivity index (χ1v) is 15.1. The number of hydrogen-bond acceptors (Lipinski definition) is 10. The Kier molecular flexibility index (Phi) is 7.99. The summed E-state index contributed by atoms with van der Waals surface area (Å²) < 4.78 is 37.8. The normalized spacial score (nSPS) is 14.9. The van der Waals surface area contributed by atoms with Crippen LogP contribution in [0, 0.1) is 0 Å². The molecule has 1 aromatic heterocycles. The highest BCUT2D eigenvalue weighted by Crippen LogP contribution is 2.46. The highest BCUT2D eigenvalue weighted by Gasteiger charge is 2.27. The highest BCUT2D eigenvalue weighted by molar-refractivity contribution is 7.92. The third-order valence-electron chi connectivity index (χ3n) is 6.96. The van der Waals surface area contributed by atoms with Crippen LogP contribution in [-0.2, 0) is 16.4 Å². The summed E-state index contributed by atoms with van der Waals surface area (Å²) in [5.74, 6) is 1.68. The fourth-order valence-corrected chi connectivity index (χ4v) is 5.31. The predicted octanol–water partition coefficient (Wildman–Crippen LogP) is 3.75. The molecule has 0 aliphatic carbocycles. The van der Waals surface area contributed by atoms with Crippen molar-refractivity contribution in [1.82, 2.24) is 15.3 Å². The summed E-state index contributed by atoms with van der Waals surface area (Å²) >= 11 is 0. The van der Waals surface area contributed by atoms with Crippen molar-refractivity contribution in [1.29, 1.82) is 0 Å². The molecular formula is C28H35N7O4S. The largest absolute Gasteiger partial charge is 0.486 e. The van der Waals surface area contributed by atoms with E-state index in [1.807, 2.05) is 6.07 Å². The maximum Gasteiger partial charge on any atom is 0.232 e. The van der Waals surface area contributed by atoms with E-state index < -0.39 is 10.0 Å². The van der Waals surface area contributed by atoms with Crippen molar-refractivity contribution in [3.05, 3.63) is 54.2 Å². The number of piperazine rings is 1. The molecule has 5 rings (SSSR count). The van der Waals surface area contributed by atoms with E-state index in [0.29, 0.717) is 53.4 Å². The molecule has 3 N–H and O–H groups in total. The summed E-state index contributed by atoms with van der Waals surface area (Å²) in [5, 5.41) is 10.00. The van der Waals surface area contributed by atoms with Gasteiger partial charge in [0.05, 0.1) is 11.9 Å². The van der Waals surface area contributed by atoms with Crippen molar-refractivity contribution in [2.75, 3.05) is 72.5 Å². The van der Waals surface area contributed by atoms with Gasteiger partial charge in [0.15, 0.2) is 11.5 Å². The fraction of sp³-hybridized carbons (Fsp3) is 0.357. The molecule has 11 nitrogen and oxygen atoms in total. The molecule has 212 valence electrons. The van der Waals surface area contributed by atoms with Crippen molar-refractivity contribution in [3.8, 4) is 11.5 Å². The smallest absolute Gasteiger partial charge is 0.232 e. The molecule has 3 heterocycles. The number of nitrogens with zero attached hydrogens (tertiary/aromatic N) is 4. The second kappa shape index (κ2) is 11.6. The van der Waals surface area contributed by atoms with Crippen molar-refractivity contribution in [3.63, 3.8) is 0 Å². The Morgan fingerprint density at radius 2 is 1.93 bits per heavy atom. The summed E-state index contributed by atoms with van der Waals surface area (Å²) in [5.41, 5.74) is 4.85. The van der Waals surface area contributed by atoms with Gasteiger partial charge in [0.1, 0.15) is 24.7 Å². The SMILES string of the molecule is C=Cc1cnc(Nc2ccc(N3CCNCC3)c(CC)c2)nc1Nc1ccc2c(c1N(C)S(C)(=O)=O)OCCO2. The number of benzene rings is 2. The maximum atomic E-state index is 12.5. The molecule has 1 saturated heterocycles. The van der Waals surface area contributed by atoms with Gasteiger partial charge < -0.3 is 30.3 Å². The van der Waals surface area contributed by atoms with Crippen molar-refractivity contribution in [2.45, 2.75) is 13.3 Å². The quantitative estimate of drug-likeness (QED) is 0.354. The van der Waals surface area contributed by atoms with Gasteiger partial charge in [-0.25, -0.2) is 13.4 Å². The van der Waals surface area contributed by atoms with Crippen molar-refractivity contribution >= 4 is 50.6 Å². The summed E-state index contributed by atoms with van der Waals surface area (Å²) in [6.45, 7) is 10.7. The molecule has 0 radical (unpaired) electrons. The Morgan fingerprint density at radius 1 is 1.15 bits per heavy atom. The number of ether oxygens (including phenoxy) is 2. The number of fused-ring (bicyclic) bond motifs is 1.